The largest absolute Gasteiger partial charge is 0.342 e. The van der Waals surface area contributed by atoms with E-state index in [4.69, 9.17) is 0 Å². The van der Waals surface area contributed by atoms with Gasteiger partial charge in [-0.25, -0.2) is 0 Å². The van der Waals surface area contributed by atoms with Crippen LogP contribution in [0.2, 0.25) is 0 Å². The average molecular weight is 298 g/mol. The second-order valence-electron chi connectivity index (χ2n) is 7.20. The lowest BCUT2D eigenvalue weighted by Crippen LogP contribution is -2.47. The molecule has 2 aliphatic rings. The van der Waals surface area contributed by atoms with Crippen LogP contribution in [0.3, 0.4) is 0 Å². The monoisotopic (exact) mass is 298 g/mol. The molecule has 0 aromatic carbocycles. The topological polar surface area (TPSA) is 32.3 Å². The van der Waals surface area contributed by atoms with Crippen LogP contribution in [0.1, 0.15) is 59.3 Å². The maximum Gasteiger partial charge on any atom is 0.232 e. The minimum absolute atomic E-state index is 0.179. The predicted molar refractivity (Wildman–Crippen MR) is 87.2 cm³/mol. The zero-order chi connectivity index (χ0) is 14.6. The molecule has 20 heavy (non-hydrogen) atoms. The van der Waals surface area contributed by atoms with Crippen LogP contribution in [-0.4, -0.2) is 46.5 Å². The van der Waals surface area contributed by atoms with Gasteiger partial charge in [-0.2, -0.15) is 0 Å². The van der Waals surface area contributed by atoms with E-state index in [1.165, 1.54) is 25.7 Å². The van der Waals surface area contributed by atoms with Crippen LogP contribution >= 0.6 is 11.8 Å². The Labute approximate surface area is 128 Å². The lowest BCUT2D eigenvalue weighted by atomic mass is 10.0. The molecule has 116 valence electrons. The fourth-order valence-corrected chi connectivity index (χ4v) is 3.83. The van der Waals surface area contributed by atoms with E-state index in [2.05, 4.69) is 31.0 Å². The fraction of sp³-hybridized carbons (Fsp3) is 0.938. The molecule has 1 N–H and O–H groups in total. The Morgan fingerprint density at radius 1 is 1.10 bits per heavy atom. The molecule has 4 heteroatoms. The maximum atomic E-state index is 12.2. The van der Waals surface area contributed by atoms with Crippen molar-refractivity contribution in [2.24, 2.45) is 0 Å². The molecule has 0 unspecified atom stereocenters. The van der Waals surface area contributed by atoms with Crippen LogP contribution in [-0.2, 0) is 4.79 Å². The molecule has 1 aliphatic heterocycles. The number of rotatable bonds is 4. The van der Waals surface area contributed by atoms with Crippen molar-refractivity contribution in [1.82, 2.24) is 10.2 Å². The molecule has 1 aliphatic carbocycles. The first-order chi connectivity index (χ1) is 9.44. The van der Waals surface area contributed by atoms with Crippen LogP contribution in [0.15, 0.2) is 0 Å². The zero-order valence-electron chi connectivity index (χ0n) is 13.3. The number of hydrogen-bond acceptors (Lipinski definition) is 3. The highest BCUT2D eigenvalue weighted by Gasteiger charge is 2.26. The number of amides is 1. The van der Waals surface area contributed by atoms with E-state index in [1.54, 1.807) is 11.8 Å². The Morgan fingerprint density at radius 2 is 1.65 bits per heavy atom. The standard InChI is InChI=1S/C16H30N2OS/c1-16(2,3)20-12-15(19)18-10-8-14(9-11-18)17-13-6-4-5-7-13/h13-14,17H,4-12H2,1-3H3. The summed E-state index contributed by atoms with van der Waals surface area (Å²) in [4.78, 5) is 14.2. The van der Waals surface area contributed by atoms with E-state index < -0.39 is 0 Å². The number of nitrogens with zero attached hydrogens (tertiary/aromatic N) is 1. The van der Waals surface area contributed by atoms with Crippen molar-refractivity contribution in [2.75, 3.05) is 18.8 Å². The molecular formula is C16H30N2OS. The second-order valence-corrected chi connectivity index (χ2v) is 9.01. The van der Waals surface area contributed by atoms with Crippen molar-refractivity contribution in [3.63, 3.8) is 0 Å². The predicted octanol–water partition coefficient (Wildman–Crippen LogP) is 3.04. The summed E-state index contributed by atoms with van der Waals surface area (Å²) in [5.41, 5.74) is 0. The van der Waals surface area contributed by atoms with Gasteiger partial charge in [0.25, 0.3) is 0 Å². The summed E-state index contributed by atoms with van der Waals surface area (Å²) in [7, 11) is 0. The fourth-order valence-electron chi connectivity index (χ4n) is 3.09. The first kappa shape index (κ1) is 16.2. The summed E-state index contributed by atoms with van der Waals surface area (Å²) in [5, 5.41) is 3.79. The Bertz CT molecular complexity index is 313. The van der Waals surface area contributed by atoms with Gasteiger partial charge in [0.1, 0.15) is 0 Å². The zero-order valence-corrected chi connectivity index (χ0v) is 14.1. The number of nitrogens with one attached hydrogen (secondary N) is 1. The van der Waals surface area contributed by atoms with Gasteiger partial charge in [0.2, 0.25) is 5.91 Å². The lowest BCUT2D eigenvalue weighted by Gasteiger charge is -2.34. The normalized spacial score (nSPS) is 22.4. The Balaban J connectivity index is 1.66. The average Bonchev–Trinajstić information content (AvgIpc) is 2.89. The van der Waals surface area contributed by atoms with Gasteiger partial charge in [-0.15, -0.1) is 11.8 Å². The molecule has 1 amide bonds. The van der Waals surface area contributed by atoms with E-state index in [9.17, 15) is 4.79 Å². The molecule has 1 saturated heterocycles. The maximum absolute atomic E-state index is 12.2. The van der Waals surface area contributed by atoms with E-state index in [0.29, 0.717) is 17.7 Å². The van der Waals surface area contributed by atoms with Crippen molar-refractivity contribution in [2.45, 2.75) is 76.1 Å². The molecule has 0 bridgehead atoms. The molecule has 1 saturated carbocycles. The summed E-state index contributed by atoms with van der Waals surface area (Å²) in [6.45, 7) is 8.38. The van der Waals surface area contributed by atoms with Crippen molar-refractivity contribution in [1.29, 1.82) is 0 Å². The summed E-state index contributed by atoms with van der Waals surface area (Å²) in [6, 6.07) is 1.39. The molecule has 0 radical (unpaired) electrons. The SMILES string of the molecule is CC(C)(C)SCC(=O)N1CCC(NC2CCCC2)CC1. The third-order valence-electron chi connectivity index (χ3n) is 4.30. The Morgan fingerprint density at radius 3 is 2.20 bits per heavy atom. The van der Waals surface area contributed by atoms with Gasteiger partial charge in [-0.3, -0.25) is 4.79 Å². The summed E-state index contributed by atoms with van der Waals surface area (Å²) in [6.07, 6.45) is 7.73. The van der Waals surface area contributed by atoms with Crippen LogP contribution in [0.5, 0.6) is 0 Å². The molecule has 0 aromatic rings. The minimum atomic E-state index is 0.179. The first-order valence-corrected chi connectivity index (χ1v) is 9.10. The lowest BCUT2D eigenvalue weighted by molar-refractivity contribution is -0.129. The van der Waals surface area contributed by atoms with E-state index in [-0.39, 0.29) is 4.75 Å². The number of carbonyl (C=O) groups is 1. The van der Waals surface area contributed by atoms with Gasteiger partial charge in [0.05, 0.1) is 5.75 Å². The molecule has 3 nitrogen and oxygen atoms in total. The number of carbonyl (C=O) groups excluding carboxylic acids is 1. The van der Waals surface area contributed by atoms with Gasteiger partial charge >= 0.3 is 0 Å². The minimum Gasteiger partial charge on any atom is -0.342 e. The van der Waals surface area contributed by atoms with Crippen molar-refractivity contribution in [3.05, 3.63) is 0 Å². The quantitative estimate of drug-likeness (QED) is 0.866. The van der Waals surface area contributed by atoms with Crippen molar-refractivity contribution in [3.8, 4) is 0 Å². The Hall–Kier alpha value is -0.220. The van der Waals surface area contributed by atoms with Gasteiger partial charge in [0.15, 0.2) is 0 Å². The molecule has 1 heterocycles. The van der Waals surface area contributed by atoms with Crippen molar-refractivity contribution < 1.29 is 4.79 Å². The van der Waals surface area contributed by atoms with Gasteiger partial charge < -0.3 is 10.2 Å². The number of hydrogen-bond donors (Lipinski definition) is 1. The highest BCUT2D eigenvalue weighted by Crippen LogP contribution is 2.24. The van der Waals surface area contributed by atoms with Crippen LogP contribution in [0.25, 0.3) is 0 Å². The third kappa shape index (κ3) is 5.28. The van der Waals surface area contributed by atoms with Gasteiger partial charge in [0, 0.05) is 29.9 Å². The molecule has 2 fully saturated rings. The third-order valence-corrected chi connectivity index (χ3v) is 5.56. The highest BCUT2D eigenvalue weighted by molar-refractivity contribution is 8.01. The number of piperidine rings is 1. The number of thioether (sulfide) groups is 1. The van der Waals surface area contributed by atoms with Gasteiger partial charge in [-0.1, -0.05) is 33.6 Å². The van der Waals surface area contributed by atoms with Crippen LogP contribution < -0.4 is 5.32 Å². The second kappa shape index (κ2) is 7.17. The summed E-state index contributed by atoms with van der Waals surface area (Å²) >= 11 is 1.76. The van der Waals surface area contributed by atoms with E-state index in [0.717, 1.165) is 32.0 Å². The molecule has 0 atom stereocenters. The Kier molecular flexibility index (Phi) is 5.79. The molecular weight excluding hydrogens is 268 g/mol. The first-order valence-electron chi connectivity index (χ1n) is 8.12. The summed E-state index contributed by atoms with van der Waals surface area (Å²) in [5.74, 6) is 0.953. The number of likely N-dealkylation sites (tertiary alicyclic amines) is 1. The smallest absolute Gasteiger partial charge is 0.232 e. The van der Waals surface area contributed by atoms with Crippen LogP contribution in [0, 0.1) is 0 Å². The van der Waals surface area contributed by atoms with E-state index in [1.807, 2.05) is 0 Å². The van der Waals surface area contributed by atoms with Gasteiger partial charge in [-0.05, 0) is 25.7 Å². The summed E-state index contributed by atoms with van der Waals surface area (Å²) < 4.78 is 0.179. The molecule has 2 rings (SSSR count). The van der Waals surface area contributed by atoms with Crippen LogP contribution in [0.4, 0.5) is 0 Å². The molecule has 0 aromatic heterocycles. The molecule has 0 spiro atoms. The van der Waals surface area contributed by atoms with E-state index >= 15 is 0 Å². The van der Waals surface area contributed by atoms with Crippen molar-refractivity contribution >= 4 is 17.7 Å². The highest BCUT2D eigenvalue weighted by atomic mass is 32.2.